The molecule has 0 spiro atoms. The van der Waals surface area contributed by atoms with Gasteiger partial charge in [0.05, 0.1) is 0 Å². The highest BCUT2D eigenvalue weighted by molar-refractivity contribution is 5.73. The summed E-state index contributed by atoms with van der Waals surface area (Å²) in [6, 6.07) is 7.40. The normalized spacial score (nSPS) is 16.9. The van der Waals surface area contributed by atoms with Crippen LogP contribution in [0.2, 0.25) is 0 Å². The lowest BCUT2D eigenvalue weighted by molar-refractivity contribution is -0.140. The monoisotopic (exact) mass is 278 g/mol. The quantitative estimate of drug-likeness (QED) is 0.822. The second-order valence-corrected chi connectivity index (χ2v) is 5.04. The van der Waals surface area contributed by atoms with Crippen molar-refractivity contribution in [2.75, 3.05) is 26.2 Å². The molecule has 2 rings (SSSR count). The average Bonchev–Trinajstić information content (AvgIpc) is 2.64. The van der Waals surface area contributed by atoms with Crippen LogP contribution >= 0.6 is 0 Å². The number of hydrogen-bond donors (Lipinski definition) is 2. The number of fused-ring (bicyclic) bond motifs is 1. The molecule has 0 bridgehead atoms. The van der Waals surface area contributed by atoms with Gasteiger partial charge < -0.3 is 15.2 Å². The summed E-state index contributed by atoms with van der Waals surface area (Å²) in [5, 5.41) is 12.4. The number of carboxylic acid groups (broad SMARTS) is 1. The van der Waals surface area contributed by atoms with Crippen molar-refractivity contribution in [3.8, 4) is 5.75 Å². The van der Waals surface area contributed by atoms with Crippen molar-refractivity contribution < 1.29 is 14.6 Å². The molecule has 1 aliphatic heterocycles. The molecule has 1 aromatic rings. The average molecular weight is 278 g/mol. The predicted octanol–water partition coefficient (Wildman–Crippen LogP) is 1.33. The molecule has 1 aromatic carbocycles. The van der Waals surface area contributed by atoms with Gasteiger partial charge >= 0.3 is 5.97 Å². The molecular formula is C15H22N2O3. The first-order chi connectivity index (χ1) is 9.70. The van der Waals surface area contributed by atoms with Gasteiger partial charge in [0.1, 0.15) is 18.4 Å². The second kappa shape index (κ2) is 7.26. The van der Waals surface area contributed by atoms with Gasteiger partial charge in [-0.3, -0.25) is 9.69 Å². The van der Waals surface area contributed by atoms with Crippen LogP contribution in [0.15, 0.2) is 24.3 Å². The van der Waals surface area contributed by atoms with E-state index in [1.165, 1.54) is 0 Å². The molecule has 0 saturated heterocycles. The zero-order valence-corrected chi connectivity index (χ0v) is 11.8. The predicted molar refractivity (Wildman–Crippen MR) is 76.9 cm³/mol. The van der Waals surface area contributed by atoms with Crippen LogP contribution in [-0.2, 0) is 11.3 Å². The molecule has 0 fully saturated rings. The van der Waals surface area contributed by atoms with Gasteiger partial charge in [-0.25, -0.2) is 0 Å². The van der Waals surface area contributed by atoms with Gasteiger partial charge in [-0.1, -0.05) is 25.1 Å². The summed E-state index contributed by atoms with van der Waals surface area (Å²) in [6.07, 6.45) is 0.926. The van der Waals surface area contributed by atoms with E-state index in [0.29, 0.717) is 13.2 Å². The van der Waals surface area contributed by atoms with Crippen LogP contribution in [0.25, 0.3) is 0 Å². The smallest absolute Gasteiger partial charge is 0.322 e. The Bertz CT molecular complexity index is 450. The first kappa shape index (κ1) is 14.8. The molecule has 0 amide bonds. The maximum Gasteiger partial charge on any atom is 0.322 e. The Morgan fingerprint density at radius 2 is 2.30 bits per heavy atom. The third-order valence-electron chi connectivity index (χ3n) is 3.41. The van der Waals surface area contributed by atoms with Crippen molar-refractivity contribution in [2.45, 2.75) is 25.9 Å². The Kier molecular flexibility index (Phi) is 5.38. The van der Waals surface area contributed by atoms with E-state index in [9.17, 15) is 9.90 Å². The molecule has 2 N–H and O–H groups in total. The number of ether oxygens (including phenoxy) is 1. The number of aliphatic carboxylic acids is 1. The molecule has 1 heterocycles. The molecule has 0 radical (unpaired) electrons. The summed E-state index contributed by atoms with van der Waals surface area (Å²) in [4.78, 5) is 13.4. The van der Waals surface area contributed by atoms with E-state index in [1.807, 2.05) is 31.2 Å². The lowest BCUT2D eigenvalue weighted by atomic mass is 10.2. The van der Waals surface area contributed by atoms with Crippen molar-refractivity contribution in [3.05, 3.63) is 29.8 Å². The minimum atomic E-state index is -0.795. The van der Waals surface area contributed by atoms with E-state index in [4.69, 9.17) is 4.74 Å². The van der Waals surface area contributed by atoms with Crippen LogP contribution < -0.4 is 10.1 Å². The number of rotatable bonds is 6. The third kappa shape index (κ3) is 3.95. The summed E-state index contributed by atoms with van der Waals surface area (Å²) >= 11 is 0. The topological polar surface area (TPSA) is 61.8 Å². The molecule has 1 atom stereocenters. The molecule has 0 aliphatic carbocycles. The Hall–Kier alpha value is -1.59. The van der Waals surface area contributed by atoms with Crippen LogP contribution in [0.5, 0.6) is 5.75 Å². The Balaban J connectivity index is 2.00. The third-order valence-corrected chi connectivity index (χ3v) is 3.41. The standard InChI is InChI=1S/C15H22N2O3/c1-2-7-16-13(15(18)19)11-17-8-9-20-14-6-4-3-5-12(14)10-17/h3-6,13,16H,2,7-11H2,1H3,(H,18,19). The zero-order chi connectivity index (χ0) is 14.4. The van der Waals surface area contributed by atoms with Crippen LogP contribution in [0.1, 0.15) is 18.9 Å². The molecule has 0 saturated carbocycles. The Morgan fingerprint density at radius 1 is 1.50 bits per heavy atom. The molecule has 5 heteroatoms. The fraction of sp³-hybridized carbons (Fsp3) is 0.533. The fourth-order valence-corrected chi connectivity index (χ4v) is 2.34. The SMILES string of the molecule is CCCNC(CN1CCOc2ccccc2C1)C(=O)O. The molecule has 1 unspecified atom stereocenters. The number of para-hydroxylation sites is 1. The van der Waals surface area contributed by atoms with Crippen LogP contribution in [-0.4, -0.2) is 48.3 Å². The van der Waals surface area contributed by atoms with E-state index in [2.05, 4.69) is 10.2 Å². The minimum Gasteiger partial charge on any atom is -0.492 e. The second-order valence-electron chi connectivity index (χ2n) is 5.04. The molecule has 0 aromatic heterocycles. The Morgan fingerprint density at radius 3 is 3.05 bits per heavy atom. The molecule has 5 nitrogen and oxygen atoms in total. The van der Waals surface area contributed by atoms with Crippen LogP contribution in [0, 0.1) is 0 Å². The van der Waals surface area contributed by atoms with Crippen molar-refractivity contribution in [3.63, 3.8) is 0 Å². The van der Waals surface area contributed by atoms with Gasteiger partial charge in [0.2, 0.25) is 0 Å². The lowest BCUT2D eigenvalue weighted by Crippen LogP contribution is -2.46. The van der Waals surface area contributed by atoms with Gasteiger partial charge in [0.15, 0.2) is 0 Å². The first-order valence-electron chi connectivity index (χ1n) is 7.10. The zero-order valence-electron chi connectivity index (χ0n) is 11.8. The van der Waals surface area contributed by atoms with Crippen molar-refractivity contribution >= 4 is 5.97 Å². The van der Waals surface area contributed by atoms with Gasteiger partial charge in [-0.2, -0.15) is 0 Å². The number of benzene rings is 1. The maximum atomic E-state index is 11.3. The highest BCUT2D eigenvalue weighted by Gasteiger charge is 2.22. The largest absolute Gasteiger partial charge is 0.492 e. The summed E-state index contributed by atoms with van der Waals surface area (Å²) in [5.41, 5.74) is 1.12. The molecule has 110 valence electrons. The van der Waals surface area contributed by atoms with E-state index in [-0.39, 0.29) is 0 Å². The maximum absolute atomic E-state index is 11.3. The van der Waals surface area contributed by atoms with E-state index in [0.717, 1.165) is 37.4 Å². The van der Waals surface area contributed by atoms with Gasteiger partial charge in [0.25, 0.3) is 0 Å². The molecule has 1 aliphatic rings. The molecular weight excluding hydrogens is 256 g/mol. The number of carbonyl (C=O) groups is 1. The summed E-state index contributed by atoms with van der Waals surface area (Å²) < 4.78 is 5.69. The van der Waals surface area contributed by atoms with Crippen LogP contribution in [0.3, 0.4) is 0 Å². The first-order valence-corrected chi connectivity index (χ1v) is 7.10. The van der Waals surface area contributed by atoms with Gasteiger partial charge in [-0.15, -0.1) is 0 Å². The lowest BCUT2D eigenvalue weighted by Gasteiger charge is -2.24. The summed E-state index contributed by atoms with van der Waals surface area (Å²) in [7, 11) is 0. The molecule has 20 heavy (non-hydrogen) atoms. The number of nitrogens with zero attached hydrogens (tertiary/aromatic N) is 1. The van der Waals surface area contributed by atoms with Gasteiger partial charge in [-0.05, 0) is 19.0 Å². The number of carboxylic acids is 1. The van der Waals surface area contributed by atoms with E-state index >= 15 is 0 Å². The van der Waals surface area contributed by atoms with Crippen molar-refractivity contribution in [2.24, 2.45) is 0 Å². The Labute approximate surface area is 119 Å². The van der Waals surface area contributed by atoms with Crippen molar-refractivity contribution in [1.82, 2.24) is 10.2 Å². The fourth-order valence-electron chi connectivity index (χ4n) is 2.34. The van der Waals surface area contributed by atoms with Crippen molar-refractivity contribution in [1.29, 1.82) is 0 Å². The highest BCUT2D eigenvalue weighted by Crippen LogP contribution is 2.22. The summed E-state index contributed by atoms with van der Waals surface area (Å²) in [6.45, 7) is 5.31. The minimum absolute atomic E-state index is 0.493. The number of hydrogen-bond acceptors (Lipinski definition) is 4. The summed E-state index contributed by atoms with van der Waals surface area (Å²) in [5.74, 6) is 0.111. The van der Waals surface area contributed by atoms with Gasteiger partial charge in [0, 0.05) is 25.2 Å². The van der Waals surface area contributed by atoms with Crippen LogP contribution in [0.4, 0.5) is 0 Å². The van der Waals surface area contributed by atoms with E-state index in [1.54, 1.807) is 0 Å². The number of nitrogens with one attached hydrogen (secondary N) is 1. The highest BCUT2D eigenvalue weighted by atomic mass is 16.5. The van der Waals surface area contributed by atoms with E-state index < -0.39 is 12.0 Å².